The summed E-state index contributed by atoms with van der Waals surface area (Å²) in [6, 6.07) is 0.291. The van der Waals surface area contributed by atoms with E-state index in [1.807, 2.05) is 11.8 Å². The number of piperidine rings is 1. The maximum atomic E-state index is 10.1. The minimum absolute atomic E-state index is 0.217. The molecule has 0 aromatic carbocycles. The molecule has 3 atom stereocenters. The lowest BCUT2D eigenvalue weighted by atomic mass is 10.0. The van der Waals surface area contributed by atoms with Gasteiger partial charge in [0.15, 0.2) is 0 Å². The van der Waals surface area contributed by atoms with E-state index in [2.05, 4.69) is 37.2 Å². The molecule has 0 aromatic rings. The fourth-order valence-electron chi connectivity index (χ4n) is 2.23. The third-order valence-electron chi connectivity index (χ3n) is 3.60. The average molecular weight is 260 g/mol. The number of rotatable bonds is 6. The first-order chi connectivity index (χ1) is 8.04. The summed E-state index contributed by atoms with van der Waals surface area (Å²) in [5.74, 6) is 0.733. The molecule has 2 N–H and O–H groups in total. The van der Waals surface area contributed by atoms with Crippen LogP contribution in [0.25, 0.3) is 0 Å². The van der Waals surface area contributed by atoms with Crippen molar-refractivity contribution in [3.63, 3.8) is 0 Å². The van der Waals surface area contributed by atoms with E-state index in [0.717, 1.165) is 32.0 Å². The van der Waals surface area contributed by atoms with Crippen LogP contribution in [-0.2, 0) is 0 Å². The molecule has 1 aliphatic heterocycles. The molecule has 1 fully saturated rings. The van der Waals surface area contributed by atoms with Gasteiger partial charge >= 0.3 is 0 Å². The van der Waals surface area contributed by atoms with E-state index in [4.69, 9.17) is 0 Å². The van der Waals surface area contributed by atoms with Crippen molar-refractivity contribution in [1.82, 2.24) is 10.2 Å². The van der Waals surface area contributed by atoms with Crippen molar-refractivity contribution < 1.29 is 5.11 Å². The van der Waals surface area contributed by atoms with Gasteiger partial charge in [0.05, 0.1) is 11.5 Å². The lowest BCUT2D eigenvalue weighted by Crippen LogP contribution is -2.54. The number of β-amino-alcohol motifs (C(OH)–C–C–N with tert-alkyl or cyclic N) is 1. The maximum Gasteiger partial charge on any atom is 0.0820 e. The van der Waals surface area contributed by atoms with Crippen molar-refractivity contribution in [3.8, 4) is 0 Å². The predicted octanol–water partition coefficient (Wildman–Crippen LogP) is 1.77. The predicted molar refractivity (Wildman–Crippen MR) is 76.4 cm³/mol. The Bertz CT molecular complexity index is 214. The fraction of sp³-hybridized carbons (Fsp3) is 1.00. The molecule has 0 saturated carbocycles. The maximum absolute atomic E-state index is 10.1. The molecule has 3 nitrogen and oxygen atoms in total. The molecule has 1 aliphatic rings. The lowest BCUT2D eigenvalue weighted by molar-refractivity contribution is 0.0377. The molecule has 17 heavy (non-hydrogen) atoms. The minimum atomic E-state index is -0.217. The van der Waals surface area contributed by atoms with Gasteiger partial charge in [-0.2, -0.15) is 0 Å². The topological polar surface area (TPSA) is 35.5 Å². The van der Waals surface area contributed by atoms with Crippen LogP contribution in [0.5, 0.6) is 0 Å². The number of aliphatic hydroxyl groups is 1. The zero-order valence-electron chi connectivity index (χ0n) is 11.6. The number of nitrogens with one attached hydrogen (secondary N) is 1. The Kier molecular flexibility index (Phi) is 6.85. The van der Waals surface area contributed by atoms with Crippen LogP contribution in [0.15, 0.2) is 0 Å². The van der Waals surface area contributed by atoms with E-state index >= 15 is 0 Å². The van der Waals surface area contributed by atoms with Gasteiger partial charge in [-0.25, -0.2) is 0 Å². The average Bonchev–Trinajstić information content (AvgIpc) is 2.29. The molecule has 0 spiro atoms. The van der Waals surface area contributed by atoms with Crippen LogP contribution >= 0.6 is 11.8 Å². The number of aliphatic hydroxyl groups excluding tert-OH is 1. The summed E-state index contributed by atoms with van der Waals surface area (Å²) in [6.45, 7) is 9.61. The van der Waals surface area contributed by atoms with Crippen LogP contribution in [-0.4, -0.2) is 53.4 Å². The van der Waals surface area contributed by atoms with E-state index < -0.39 is 0 Å². The second-order valence-corrected chi connectivity index (χ2v) is 6.58. The molecular formula is C13H28N2OS. The largest absolute Gasteiger partial charge is 0.390 e. The Morgan fingerprint density at radius 3 is 2.65 bits per heavy atom. The fourth-order valence-corrected chi connectivity index (χ4v) is 2.72. The van der Waals surface area contributed by atoms with Gasteiger partial charge in [0.1, 0.15) is 0 Å². The van der Waals surface area contributed by atoms with E-state index in [1.165, 1.54) is 6.42 Å². The number of hydrogen-bond acceptors (Lipinski definition) is 4. The van der Waals surface area contributed by atoms with E-state index in [9.17, 15) is 5.11 Å². The number of nitrogens with zero attached hydrogens (tertiary/aromatic N) is 1. The van der Waals surface area contributed by atoms with Crippen LogP contribution in [0.2, 0.25) is 0 Å². The summed E-state index contributed by atoms with van der Waals surface area (Å²) in [4.78, 5) is 2.37. The first-order valence-corrected chi connectivity index (χ1v) is 8.01. The van der Waals surface area contributed by atoms with Gasteiger partial charge in [-0.15, -0.1) is 11.8 Å². The Hall–Kier alpha value is 0.230. The van der Waals surface area contributed by atoms with E-state index in [1.54, 1.807) is 0 Å². The molecule has 3 unspecified atom stereocenters. The highest BCUT2D eigenvalue weighted by atomic mass is 32.2. The van der Waals surface area contributed by atoms with Crippen molar-refractivity contribution in [2.45, 2.75) is 51.1 Å². The van der Waals surface area contributed by atoms with Crippen LogP contribution in [0.4, 0.5) is 0 Å². The Labute approximate surface area is 110 Å². The summed E-state index contributed by atoms with van der Waals surface area (Å²) in [7, 11) is 0. The molecular weight excluding hydrogens is 232 g/mol. The standard InChI is InChI=1S/C13H28N2OS/c1-10(2)5-7-14-12-6-8-15(9-13(12)16)11(3)17-4/h10-14,16H,5-9H2,1-4H3. The van der Waals surface area contributed by atoms with Crippen LogP contribution in [0.3, 0.4) is 0 Å². The Morgan fingerprint density at radius 1 is 1.41 bits per heavy atom. The van der Waals surface area contributed by atoms with Gasteiger partial charge in [-0.3, -0.25) is 4.90 Å². The molecule has 1 heterocycles. The summed E-state index contributed by atoms with van der Waals surface area (Å²) in [6.07, 6.45) is 4.16. The smallest absolute Gasteiger partial charge is 0.0820 e. The molecule has 0 aromatic heterocycles. The monoisotopic (exact) mass is 260 g/mol. The van der Waals surface area contributed by atoms with E-state index in [0.29, 0.717) is 11.4 Å². The van der Waals surface area contributed by atoms with Crippen molar-refractivity contribution in [3.05, 3.63) is 0 Å². The SMILES string of the molecule is CSC(C)N1CCC(NCCC(C)C)C(O)C1. The zero-order valence-corrected chi connectivity index (χ0v) is 12.5. The third kappa shape index (κ3) is 5.16. The molecule has 1 saturated heterocycles. The van der Waals surface area contributed by atoms with E-state index in [-0.39, 0.29) is 6.10 Å². The highest BCUT2D eigenvalue weighted by Crippen LogP contribution is 2.19. The quantitative estimate of drug-likeness (QED) is 0.763. The first-order valence-electron chi connectivity index (χ1n) is 6.73. The number of likely N-dealkylation sites (tertiary alicyclic amines) is 1. The molecule has 0 bridgehead atoms. The summed E-state index contributed by atoms with van der Waals surface area (Å²) >= 11 is 1.85. The molecule has 1 rings (SSSR count). The van der Waals surface area contributed by atoms with Crippen LogP contribution in [0, 0.1) is 5.92 Å². The van der Waals surface area contributed by atoms with Gasteiger partial charge in [0.25, 0.3) is 0 Å². The summed E-state index contributed by atoms with van der Waals surface area (Å²) < 4.78 is 0. The molecule has 0 radical (unpaired) electrons. The normalized spacial score (nSPS) is 28.6. The number of thioether (sulfide) groups is 1. The number of hydrogen-bond donors (Lipinski definition) is 2. The van der Waals surface area contributed by atoms with Crippen molar-refractivity contribution in [2.24, 2.45) is 5.92 Å². The van der Waals surface area contributed by atoms with Gasteiger partial charge in [0.2, 0.25) is 0 Å². The second kappa shape index (κ2) is 7.62. The summed E-state index contributed by atoms with van der Waals surface area (Å²) in [5.41, 5.74) is 0. The lowest BCUT2D eigenvalue weighted by Gasteiger charge is -2.39. The van der Waals surface area contributed by atoms with Gasteiger partial charge in [-0.1, -0.05) is 13.8 Å². The minimum Gasteiger partial charge on any atom is -0.390 e. The molecule has 102 valence electrons. The van der Waals surface area contributed by atoms with Gasteiger partial charge in [0, 0.05) is 19.1 Å². The first kappa shape index (κ1) is 15.3. The molecule has 0 aliphatic carbocycles. The van der Waals surface area contributed by atoms with Crippen LogP contribution in [0.1, 0.15) is 33.6 Å². The molecule has 4 heteroatoms. The highest BCUT2D eigenvalue weighted by molar-refractivity contribution is 7.99. The van der Waals surface area contributed by atoms with Crippen molar-refractivity contribution in [1.29, 1.82) is 0 Å². The van der Waals surface area contributed by atoms with Gasteiger partial charge in [-0.05, 0) is 38.5 Å². The molecule has 0 amide bonds. The van der Waals surface area contributed by atoms with Gasteiger partial charge < -0.3 is 10.4 Å². The highest BCUT2D eigenvalue weighted by Gasteiger charge is 2.29. The zero-order chi connectivity index (χ0) is 12.8. The van der Waals surface area contributed by atoms with Crippen LogP contribution < -0.4 is 5.32 Å². The Balaban J connectivity index is 2.27. The van der Waals surface area contributed by atoms with Crippen molar-refractivity contribution in [2.75, 3.05) is 25.9 Å². The second-order valence-electron chi connectivity index (χ2n) is 5.43. The third-order valence-corrected chi connectivity index (χ3v) is 4.58. The summed E-state index contributed by atoms with van der Waals surface area (Å²) in [5, 5.41) is 14.1. The Morgan fingerprint density at radius 2 is 2.12 bits per heavy atom. The van der Waals surface area contributed by atoms with Crippen molar-refractivity contribution >= 4 is 11.8 Å².